The second-order valence-corrected chi connectivity index (χ2v) is 5.09. The zero-order valence-corrected chi connectivity index (χ0v) is 11.8. The minimum Gasteiger partial charge on any atom is -0.357 e. The molecule has 1 aromatic rings. The number of anilines is 2. The van der Waals surface area contributed by atoms with Gasteiger partial charge in [0.2, 0.25) is 5.95 Å². The third-order valence-electron chi connectivity index (χ3n) is 2.63. The largest absolute Gasteiger partial charge is 0.357 e. The van der Waals surface area contributed by atoms with E-state index in [4.69, 9.17) is 0 Å². The monoisotopic (exact) mass is 236 g/mol. The first-order chi connectivity index (χ1) is 7.95. The van der Waals surface area contributed by atoms with Crippen molar-refractivity contribution in [3.8, 4) is 0 Å². The molecule has 0 atom stereocenters. The minimum absolute atomic E-state index is 0.440. The number of hydrogen-bond donors (Lipinski definition) is 1. The van der Waals surface area contributed by atoms with Gasteiger partial charge in [-0.05, 0) is 26.7 Å². The van der Waals surface area contributed by atoms with Crippen LogP contribution < -0.4 is 10.2 Å². The van der Waals surface area contributed by atoms with Gasteiger partial charge in [0.05, 0.1) is 0 Å². The number of hydrogen-bond acceptors (Lipinski definition) is 4. The summed E-state index contributed by atoms with van der Waals surface area (Å²) >= 11 is 0. The van der Waals surface area contributed by atoms with E-state index in [1.165, 1.54) is 0 Å². The number of aryl methyl sites for hydroxylation is 1. The van der Waals surface area contributed by atoms with Crippen molar-refractivity contribution in [1.29, 1.82) is 0 Å². The van der Waals surface area contributed by atoms with Gasteiger partial charge in [-0.15, -0.1) is 0 Å². The summed E-state index contributed by atoms with van der Waals surface area (Å²) in [7, 11) is 1.84. The fourth-order valence-corrected chi connectivity index (χ4v) is 1.78. The van der Waals surface area contributed by atoms with E-state index in [0.717, 1.165) is 17.9 Å². The van der Waals surface area contributed by atoms with Crippen molar-refractivity contribution in [3.05, 3.63) is 11.8 Å². The van der Waals surface area contributed by atoms with Crippen LogP contribution in [0.4, 0.5) is 11.8 Å². The number of nitrogens with zero attached hydrogens (tertiary/aromatic N) is 3. The van der Waals surface area contributed by atoms with Crippen LogP contribution in [0.2, 0.25) is 0 Å². The van der Waals surface area contributed by atoms with Gasteiger partial charge >= 0.3 is 0 Å². The van der Waals surface area contributed by atoms with Gasteiger partial charge in [-0.1, -0.05) is 13.8 Å². The molecular weight excluding hydrogens is 212 g/mol. The molecule has 0 saturated carbocycles. The third-order valence-corrected chi connectivity index (χ3v) is 2.63. The average molecular weight is 236 g/mol. The summed E-state index contributed by atoms with van der Waals surface area (Å²) in [4.78, 5) is 11.1. The summed E-state index contributed by atoms with van der Waals surface area (Å²) in [5, 5.41) is 2.99. The first-order valence-corrected chi connectivity index (χ1v) is 6.23. The summed E-state index contributed by atoms with van der Waals surface area (Å²) < 4.78 is 0. The Bertz CT molecular complexity index is 360. The molecule has 1 heterocycles. The van der Waals surface area contributed by atoms with E-state index in [1.807, 2.05) is 13.2 Å². The van der Waals surface area contributed by atoms with Crippen LogP contribution in [-0.4, -0.2) is 29.6 Å². The lowest BCUT2D eigenvalue weighted by molar-refractivity contribution is 0.565. The molecule has 0 spiro atoms. The molecule has 1 N–H and O–H groups in total. The molecular formula is C13H24N4. The molecule has 0 aliphatic carbocycles. The number of nitrogens with one attached hydrogen (secondary N) is 1. The minimum atomic E-state index is 0.440. The van der Waals surface area contributed by atoms with E-state index in [0.29, 0.717) is 17.9 Å². The zero-order chi connectivity index (χ0) is 13.0. The molecule has 1 aromatic heterocycles. The Morgan fingerprint density at radius 2 is 1.94 bits per heavy atom. The number of aromatic nitrogens is 2. The van der Waals surface area contributed by atoms with E-state index in [9.17, 15) is 0 Å². The van der Waals surface area contributed by atoms with Crippen molar-refractivity contribution in [2.75, 3.05) is 23.8 Å². The summed E-state index contributed by atoms with van der Waals surface area (Å²) in [6.45, 7) is 11.9. The molecule has 0 bridgehead atoms. The third kappa shape index (κ3) is 3.58. The van der Waals surface area contributed by atoms with E-state index >= 15 is 0 Å². The number of rotatable bonds is 5. The highest BCUT2D eigenvalue weighted by Gasteiger charge is 2.16. The van der Waals surface area contributed by atoms with Crippen molar-refractivity contribution in [2.45, 2.75) is 40.7 Å². The SMILES string of the molecule is CNc1ncc(C)c(N(CC(C)C)C(C)C)n1. The molecule has 4 heteroatoms. The molecule has 0 saturated heterocycles. The quantitative estimate of drug-likeness (QED) is 0.853. The maximum absolute atomic E-state index is 4.57. The predicted octanol–water partition coefficient (Wildman–Crippen LogP) is 2.70. The Balaban J connectivity index is 3.08. The van der Waals surface area contributed by atoms with Gasteiger partial charge in [0.25, 0.3) is 0 Å². The molecule has 0 fully saturated rings. The molecule has 0 unspecified atom stereocenters. The second kappa shape index (κ2) is 5.84. The van der Waals surface area contributed by atoms with Crippen LogP contribution in [0.3, 0.4) is 0 Å². The first-order valence-electron chi connectivity index (χ1n) is 6.23. The molecule has 17 heavy (non-hydrogen) atoms. The van der Waals surface area contributed by atoms with Gasteiger partial charge in [-0.25, -0.2) is 4.98 Å². The van der Waals surface area contributed by atoms with Crippen LogP contribution >= 0.6 is 0 Å². The normalized spacial score (nSPS) is 11.1. The Labute approximate surface area is 104 Å². The van der Waals surface area contributed by atoms with E-state index in [2.05, 4.69) is 54.8 Å². The Morgan fingerprint density at radius 1 is 1.29 bits per heavy atom. The lowest BCUT2D eigenvalue weighted by Crippen LogP contribution is -2.35. The summed E-state index contributed by atoms with van der Waals surface area (Å²) in [6, 6.07) is 0.440. The van der Waals surface area contributed by atoms with Gasteiger partial charge < -0.3 is 10.2 Å². The highest BCUT2D eigenvalue weighted by atomic mass is 15.2. The summed E-state index contributed by atoms with van der Waals surface area (Å²) in [5.41, 5.74) is 1.12. The van der Waals surface area contributed by atoms with Crippen molar-refractivity contribution in [3.63, 3.8) is 0 Å². The lowest BCUT2D eigenvalue weighted by atomic mass is 10.1. The van der Waals surface area contributed by atoms with Gasteiger partial charge in [-0.3, -0.25) is 0 Å². The van der Waals surface area contributed by atoms with Crippen molar-refractivity contribution < 1.29 is 0 Å². The molecule has 1 rings (SSSR count). The van der Waals surface area contributed by atoms with Crippen molar-refractivity contribution in [1.82, 2.24) is 9.97 Å². The van der Waals surface area contributed by atoms with Gasteiger partial charge in [0.15, 0.2) is 0 Å². The molecule has 0 radical (unpaired) electrons. The lowest BCUT2D eigenvalue weighted by Gasteiger charge is -2.30. The van der Waals surface area contributed by atoms with Crippen LogP contribution in [0.5, 0.6) is 0 Å². The van der Waals surface area contributed by atoms with Gasteiger partial charge in [0.1, 0.15) is 5.82 Å². The predicted molar refractivity (Wildman–Crippen MR) is 73.6 cm³/mol. The molecule has 0 aliphatic heterocycles. The molecule has 4 nitrogen and oxygen atoms in total. The maximum atomic E-state index is 4.57. The smallest absolute Gasteiger partial charge is 0.224 e. The summed E-state index contributed by atoms with van der Waals surface area (Å²) in [6.07, 6.45) is 1.88. The Morgan fingerprint density at radius 3 is 2.41 bits per heavy atom. The second-order valence-electron chi connectivity index (χ2n) is 5.09. The molecule has 96 valence electrons. The van der Waals surface area contributed by atoms with Crippen LogP contribution in [0.25, 0.3) is 0 Å². The Kier molecular flexibility index (Phi) is 4.73. The molecule has 0 aromatic carbocycles. The fourth-order valence-electron chi connectivity index (χ4n) is 1.78. The highest BCUT2D eigenvalue weighted by molar-refractivity contribution is 5.49. The van der Waals surface area contributed by atoms with Crippen molar-refractivity contribution in [2.24, 2.45) is 5.92 Å². The van der Waals surface area contributed by atoms with Gasteiger partial charge in [0, 0.05) is 31.4 Å². The molecule has 0 amide bonds. The van der Waals surface area contributed by atoms with Gasteiger partial charge in [-0.2, -0.15) is 4.98 Å². The topological polar surface area (TPSA) is 41.1 Å². The zero-order valence-electron chi connectivity index (χ0n) is 11.8. The van der Waals surface area contributed by atoms with Crippen molar-refractivity contribution >= 4 is 11.8 Å². The molecule has 0 aliphatic rings. The van der Waals surface area contributed by atoms with Crippen LogP contribution in [0.15, 0.2) is 6.20 Å². The summed E-state index contributed by atoms with van der Waals surface area (Å²) in [5.74, 6) is 2.33. The van der Waals surface area contributed by atoms with E-state index in [1.54, 1.807) is 0 Å². The standard InChI is InChI=1S/C13H24N4/c1-9(2)8-17(10(3)4)12-11(5)7-15-13(14-6)16-12/h7,9-10H,8H2,1-6H3,(H,14,15,16). The first kappa shape index (κ1) is 13.7. The van der Waals surface area contributed by atoms with Crippen LogP contribution in [0, 0.1) is 12.8 Å². The average Bonchev–Trinajstić information content (AvgIpc) is 2.26. The van der Waals surface area contributed by atoms with Crippen LogP contribution in [-0.2, 0) is 0 Å². The Hall–Kier alpha value is -1.32. The maximum Gasteiger partial charge on any atom is 0.224 e. The van der Waals surface area contributed by atoms with E-state index < -0.39 is 0 Å². The highest BCUT2D eigenvalue weighted by Crippen LogP contribution is 2.21. The van der Waals surface area contributed by atoms with E-state index in [-0.39, 0.29) is 0 Å². The van der Waals surface area contributed by atoms with Crippen LogP contribution in [0.1, 0.15) is 33.3 Å². The fraction of sp³-hybridized carbons (Fsp3) is 0.692.